The fourth-order valence-electron chi connectivity index (χ4n) is 3.22. The zero-order valence-electron chi connectivity index (χ0n) is 13.7. The van der Waals surface area contributed by atoms with Crippen molar-refractivity contribution in [3.05, 3.63) is 88.7 Å². The normalized spacial score (nSPS) is 11.4. The van der Waals surface area contributed by atoms with E-state index < -0.39 is 0 Å². The maximum absolute atomic E-state index is 5.66. The summed E-state index contributed by atoms with van der Waals surface area (Å²) in [4.78, 5) is 2.56. The SMILES string of the molecule is Ic1ccc(Sc2ccc(-[s+]3c4ccccc4c4ccccc43)cc2)o1. The predicted octanol–water partition coefficient (Wildman–Crippen LogP) is 8.08. The van der Waals surface area contributed by atoms with Crippen molar-refractivity contribution in [1.82, 2.24) is 0 Å². The first-order valence-corrected chi connectivity index (χ1v) is 11.4. The number of fused-ring (bicyclic) bond motifs is 3. The van der Waals surface area contributed by atoms with Crippen molar-refractivity contribution in [3.63, 3.8) is 0 Å². The minimum atomic E-state index is -0.0251. The van der Waals surface area contributed by atoms with Crippen molar-refractivity contribution >= 4 is 65.0 Å². The molecule has 0 atom stereocenters. The van der Waals surface area contributed by atoms with Crippen molar-refractivity contribution in [2.24, 2.45) is 0 Å². The average molecular weight is 485 g/mol. The Morgan fingerprint density at radius 1 is 0.692 bits per heavy atom. The third-order valence-corrected chi connectivity index (χ3v) is 8.17. The van der Waals surface area contributed by atoms with Crippen molar-refractivity contribution < 1.29 is 4.42 Å². The van der Waals surface area contributed by atoms with Crippen LogP contribution in [0.4, 0.5) is 0 Å². The Hall–Kier alpha value is -1.76. The van der Waals surface area contributed by atoms with Gasteiger partial charge in [-0.2, -0.15) is 0 Å². The molecular weight excluding hydrogens is 471 g/mol. The first-order chi connectivity index (χ1) is 12.8. The van der Waals surface area contributed by atoms with Crippen LogP contribution >= 0.6 is 44.8 Å². The minimum absolute atomic E-state index is 0.0251. The largest absolute Gasteiger partial charge is 0.444 e. The first-order valence-electron chi connectivity index (χ1n) is 8.25. The molecule has 0 N–H and O–H groups in total. The molecule has 0 radical (unpaired) electrons. The van der Waals surface area contributed by atoms with Crippen LogP contribution in [0.3, 0.4) is 0 Å². The Labute approximate surface area is 172 Å². The highest BCUT2D eigenvalue weighted by atomic mass is 127. The van der Waals surface area contributed by atoms with Gasteiger partial charge in [0.15, 0.2) is 23.2 Å². The Balaban J connectivity index is 1.61. The fraction of sp³-hybridized carbons (Fsp3) is 0. The molecule has 0 bridgehead atoms. The Kier molecular flexibility index (Phi) is 4.27. The molecule has 1 nitrogen and oxygen atoms in total. The molecule has 0 saturated heterocycles. The second-order valence-corrected chi connectivity index (χ2v) is 10.0. The molecule has 0 aliphatic carbocycles. The van der Waals surface area contributed by atoms with Crippen LogP contribution in [0.1, 0.15) is 0 Å². The van der Waals surface area contributed by atoms with Crippen molar-refractivity contribution in [2.75, 3.05) is 0 Å². The van der Waals surface area contributed by atoms with E-state index in [-0.39, 0.29) is 10.5 Å². The van der Waals surface area contributed by atoms with Gasteiger partial charge in [0, 0.05) is 26.1 Å². The number of hydrogen-bond donors (Lipinski definition) is 0. The fourth-order valence-corrected chi connectivity index (χ4v) is 6.94. The zero-order chi connectivity index (χ0) is 17.5. The summed E-state index contributed by atoms with van der Waals surface area (Å²) in [5.74, 6) is 0. The standard InChI is InChI=1S/C22H14IOS2/c23-21-13-14-22(24-21)25-15-9-11-16(12-10-15)26-19-7-3-1-5-17(19)18-6-2-4-8-20(18)26/h1-14H/q+1. The zero-order valence-corrected chi connectivity index (χ0v) is 17.5. The lowest BCUT2D eigenvalue weighted by Crippen LogP contribution is -1.73. The molecule has 5 aromatic rings. The minimum Gasteiger partial charge on any atom is -0.444 e. The van der Waals surface area contributed by atoms with Crippen molar-refractivity contribution in [1.29, 1.82) is 0 Å². The molecule has 0 aliphatic rings. The molecular formula is C22H14IOS2+. The molecule has 0 spiro atoms. The number of benzene rings is 3. The lowest BCUT2D eigenvalue weighted by molar-refractivity contribution is 0.450. The number of hydrogen-bond acceptors (Lipinski definition) is 2. The van der Waals surface area contributed by atoms with Crippen LogP contribution in [-0.2, 0) is 0 Å². The van der Waals surface area contributed by atoms with Crippen LogP contribution in [0.15, 0.2) is 99.3 Å². The molecule has 2 heterocycles. The lowest BCUT2D eigenvalue weighted by Gasteiger charge is -1.98. The highest BCUT2D eigenvalue weighted by Gasteiger charge is 2.22. The van der Waals surface area contributed by atoms with Crippen molar-refractivity contribution in [2.45, 2.75) is 9.99 Å². The quantitative estimate of drug-likeness (QED) is 0.189. The Morgan fingerprint density at radius 2 is 1.31 bits per heavy atom. The molecule has 2 aromatic heterocycles. The number of halogens is 1. The van der Waals surface area contributed by atoms with E-state index in [0.717, 1.165) is 8.86 Å². The molecule has 126 valence electrons. The van der Waals surface area contributed by atoms with Gasteiger partial charge in [0.1, 0.15) is 0 Å². The van der Waals surface area contributed by atoms with Gasteiger partial charge in [0.05, 0.1) is 0 Å². The van der Waals surface area contributed by atoms with Crippen LogP contribution < -0.4 is 0 Å². The van der Waals surface area contributed by atoms with E-state index in [1.54, 1.807) is 11.8 Å². The van der Waals surface area contributed by atoms with Gasteiger partial charge in [-0.25, -0.2) is 0 Å². The van der Waals surface area contributed by atoms with E-state index in [2.05, 4.69) is 95.4 Å². The molecule has 0 unspecified atom stereocenters. The maximum atomic E-state index is 5.66. The Bertz CT molecular complexity index is 1160. The molecule has 0 fully saturated rings. The van der Waals surface area contributed by atoms with Gasteiger partial charge in [-0.05, 0) is 83.3 Å². The highest BCUT2D eigenvalue weighted by molar-refractivity contribution is 14.1. The number of furan rings is 1. The summed E-state index contributed by atoms with van der Waals surface area (Å²) in [5, 5.41) is 3.67. The van der Waals surface area contributed by atoms with Crippen LogP contribution in [0.25, 0.3) is 25.1 Å². The molecule has 26 heavy (non-hydrogen) atoms. The van der Waals surface area contributed by atoms with E-state index in [1.807, 2.05) is 12.1 Å². The van der Waals surface area contributed by atoms with E-state index in [4.69, 9.17) is 4.42 Å². The summed E-state index contributed by atoms with van der Waals surface area (Å²) < 4.78 is 9.43. The van der Waals surface area contributed by atoms with E-state index in [9.17, 15) is 0 Å². The van der Waals surface area contributed by atoms with E-state index in [1.165, 1.54) is 30.0 Å². The van der Waals surface area contributed by atoms with Crippen LogP contribution in [0.2, 0.25) is 0 Å². The third-order valence-electron chi connectivity index (χ3n) is 4.33. The second-order valence-electron chi connectivity index (χ2n) is 5.93. The van der Waals surface area contributed by atoms with Gasteiger partial charge in [-0.3, -0.25) is 0 Å². The lowest BCUT2D eigenvalue weighted by atomic mass is 10.2. The van der Waals surface area contributed by atoms with Gasteiger partial charge in [0.2, 0.25) is 0 Å². The maximum Gasteiger partial charge on any atom is 0.187 e. The average Bonchev–Trinajstić information content (AvgIpc) is 3.23. The van der Waals surface area contributed by atoms with Gasteiger partial charge in [0.25, 0.3) is 0 Å². The second kappa shape index (κ2) is 6.76. The van der Waals surface area contributed by atoms with Crippen LogP contribution in [0, 0.1) is 3.77 Å². The summed E-state index contributed by atoms with van der Waals surface area (Å²) in [6.07, 6.45) is 0. The first kappa shape index (κ1) is 16.4. The molecule has 0 aliphatic heterocycles. The number of rotatable bonds is 3. The summed E-state index contributed by atoms with van der Waals surface area (Å²) in [5.41, 5.74) is 0. The van der Waals surface area contributed by atoms with Crippen LogP contribution in [0.5, 0.6) is 0 Å². The topological polar surface area (TPSA) is 13.1 Å². The molecule has 3 aromatic carbocycles. The summed E-state index contributed by atoms with van der Waals surface area (Å²) in [7, 11) is -0.0251. The van der Waals surface area contributed by atoms with Crippen LogP contribution in [-0.4, -0.2) is 0 Å². The third kappa shape index (κ3) is 2.86. The van der Waals surface area contributed by atoms with E-state index >= 15 is 0 Å². The molecule has 0 saturated carbocycles. The molecule has 0 amide bonds. The summed E-state index contributed by atoms with van der Waals surface area (Å²) in [6.45, 7) is 0. The van der Waals surface area contributed by atoms with Crippen molar-refractivity contribution in [3.8, 4) is 4.90 Å². The monoisotopic (exact) mass is 485 g/mol. The Morgan fingerprint density at radius 3 is 1.88 bits per heavy atom. The summed E-state index contributed by atoms with van der Waals surface area (Å²) >= 11 is 3.86. The van der Waals surface area contributed by atoms with E-state index in [0.29, 0.717) is 0 Å². The smallest absolute Gasteiger partial charge is 0.187 e. The predicted molar refractivity (Wildman–Crippen MR) is 121 cm³/mol. The van der Waals surface area contributed by atoms with Gasteiger partial charge < -0.3 is 4.42 Å². The van der Waals surface area contributed by atoms with Gasteiger partial charge >= 0.3 is 0 Å². The molecule has 4 heteroatoms. The molecule has 5 rings (SSSR count). The number of thiophene rings is 1. The summed E-state index contributed by atoms with van der Waals surface area (Å²) in [6, 6.07) is 30.5. The van der Waals surface area contributed by atoms with Gasteiger partial charge in [-0.15, -0.1) is 0 Å². The van der Waals surface area contributed by atoms with Gasteiger partial charge in [-0.1, -0.05) is 36.0 Å². The highest BCUT2D eigenvalue weighted by Crippen LogP contribution is 2.48.